The largest absolute Gasteiger partial charge is 0.378 e. The fourth-order valence-corrected chi connectivity index (χ4v) is 4.39. The first-order valence-electron chi connectivity index (χ1n) is 11.4. The van der Waals surface area contributed by atoms with E-state index in [2.05, 4.69) is 16.0 Å². The van der Waals surface area contributed by atoms with Gasteiger partial charge in [-0.1, -0.05) is 30.7 Å². The Labute approximate surface area is 195 Å². The van der Waals surface area contributed by atoms with Gasteiger partial charge in [-0.2, -0.15) is 0 Å². The van der Waals surface area contributed by atoms with Crippen LogP contribution < -0.4 is 16.0 Å². The normalized spacial score (nSPS) is 21.4. The van der Waals surface area contributed by atoms with Crippen molar-refractivity contribution in [3.05, 3.63) is 46.1 Å². The van der Waals surface area contributed by atoms with Gasteiger partial charge in [-0.3, -0.25) is 10.2 Å². The van der Waals surface area contributed by atoms with E-state index in [1.807, 2.05) is 33.2 Å². The predicted molar refractivity (Wildman–Crippen MR) is 128 cm³/mol. The molecule has 3 rings (SSSR count). The first-order chi connectivity index (χ1) is 15.3. The molecule has 2 aliphatic carbocycles. The van der Waals surface area contributed by atoms with E-state index in [0.29, 0.717) is 36.8 Å². The number of allylic oxidation sites excluding steroid dienone is 1. The Hall–Kier alpha value is -2.12. The van der Waals surface area contributed by atoms with Gasteiger partial charge in [-0.15, -0.1) is 0 Å². The Morgan fingerprint density at radius 1 is 1.22 bits per heavy atom. The molecule has 0 aromatic heterocycles. The lowest BCUT2D eigenvalue weighted by Gasteiger charge is -2.21. The number of rotatable bonds is 11. The molecule has 8 heteroatoms. The van der Waals surface area contributed by atoms with Crippen LogP contribution >= 0.6 is 11.6 Å². The van der Waals surface area contributed by atoms with E-state index in [1.165, 1.54) is 12.8 Å². The van der Waals surface area contributed by atoms with E-state index in [9.17, 15) is 9.18 Å². The fourth-order valence-electron chi connectivity index (χ4n) is 4.26. The molecule has 0 saturated heterocycles. The number of hydrogen-bond donors (Lipinski definition) is 4. The Morgan fingerprint density at radius 3 is 2.50 bits per heavy atom. The molecule has 0 bridgehead atoms. The van der Waals surface area contributed by atoms with Gasteiger partial charge in [-0.25, -0.2) is 4.39 Å². The van der Waals surface area contributed by atoms with E-state index in [-0.39, 0.29) is 23.6 Å². The maximum atomic E-state index is 14.3. The second-order valence-corrected chi connectivity index (χ2v) is 9.53. The molecule has 1 amide bonds. The Balaban J connectivity index is 1.52. The zero-order chi connectivity index (χ0) is 23.3. The van der Waals surface area contributed by atoms with Crippen LogP contribution in [0.5, 0.6) is 0 Å². The summed E-state index contributed by atoms with van der Waals surface area (Å²) in [6, 6.07) is 7.39. The van der Waals surface area contributed by atoms with Gasteiger partial charge in [0.1, 0.15) is 12.0 Å². The summed E-state index contributed by atoms with van der Waals surface area (Å²) in [7, 11) is 3.61. The molecule has 3 atom stereocenters. The molecule has 0 unspecified atom stereocenters. The van der Waals surface area contributed by atoms with Crippen LogP contribution in [0.2, 0.25) is 5.02 Å². The molecule has 6 nitrogen and oxygen atoms in total. The molecule has 32 heavy (non-hydrogen) atoms. The molecule has 0 aliphatic heterocycles. The molecule has 2 aliphatic rings. The highest BCUT2D eigenvalue weighted by molar-refractivity contribution is 6.30. The van der Waals surface area contributed by atoms with Crippen molar-refractivity contribution in [2.75, 3.05) is 40.3 Å². The SMILES string of the molecule is C[C@@H]1C[C@H](F)C(N(C)C)=C1C(=N)NCCNC(=O)[C@H](CNCC1CC1)c1ccc(Cl)cc1. The van der Waals surface area contributed by atoms with Gasteiger partial charge in [0.2, 0.25) is 5.91 Å². The smallest absolute Gasteiger partial charge is 0.228 e. The second kappa shape index (κ2) is 11.1. The van der Waals surface area contributed by atoms with Gasteiger partial charge in [0.25, 0.3) is 0 Å². The molecule has 1 saturated carbocycles. The molecule has 176 valence electrons. The van der Waals surface area contributed by atoms with Crippen LogP contribution in [0.15, 0.2) is 35.5 Å². The highest BCUT2D eigenvalue weighted by Crippen LogP contribution is 2.35. The maximum absolute atomic E-state index is 14.3. The number of amides is 1. The number of hydrogen-bond acceptors (Lipinski definition) is 4. The van der Waals surface area contributed by atoms with Gasteiger partial charge >= 0.3 is 0 Å². The van der Waals surface area contributed by atoms with Gasteiger partial charge < -0.3 is 20.9 Å². The van der Waals surface area contributed by atoms with Gasteiger partial charge in [0, 0.05) is 44.3 Å². The fraction of sp³-hybridized carbons (Fsp3) is 0.583. The minimum absolute atomic E-state index is 0.0104. The molecule has 4 N–H and O–H groups in total. The second-order valence-electron chi connectivity index (χ2n) is 9.10. The van der Waals surface area contributed by atoms with Crippen molar-refractivity contribution >= 4 is 23.3 Å². The van der Waals surface area contributed by atoms with Crippen LogP contribution in [-0.2, 0) is 4.79 Å². The van der Waals surface area contributed by atoms with Crippen molar-refractivity contribution in [2.24, 2.45) is 11.8 Å². The van der Waals surface area contributed by atoms with Crippen molar-refractivity contribution < 1.29 is 9.18 Å². The summed E-state index contributed by atoms with van der Waals surface area (Å²) >= 11 is 6.01. The third-order valence-corrected chi connectivity index (χ3v) is 6.42. The molecule has 0 heterocycles. The molecule has 0 radical (unpaired) electrons. The van der Waals surface area contributed by atoms with Crippen molar-refractivity contribution in [2.45, 2.75) is 38.3 Å². The van der Waals surface area contributed by atoms with Gasteiger partial charge in [-0.05, 0) is 55.3 Å². The monoisotopic (exact) mass is 463 g/mol. The summed E-state index contributed by atoms with van der Waals surface area (Å²) < 4.78 is 14.3. The van der Waals surface area contributed by atoms with E-state index in [4.69, 9.17) is 17.0 Å². The van der Waals surface area contributed by atoms with Crippen LogP contribution in [0.3, 0.4) is 0 Å². The molecule has 1 aromatic rings. The number of amidine groups is 1. The highest BCUT2D eigenvalue weighted by Gasteiger charge is 2.34. The number of halogens is 2. The molecular formula is C24H35ClFN5O. The molecule has 1 fully saturated rings. The molecule has 1 aromatic carbocycles. The van der Waals surface area contributed by atoms with E-state index in [1.54, 1.807) is 17.0 Å². The Morgan fingerprint density at radius 2 is 1.88 bits per heavy atom. The van der Waals surface area contributed by atoms with Crippen LogP contribution in [0.25, 0.3) is 0 Å². The van der Waals surface area contributed by atoms with E-state index >= 15 is 0 Å². The predicted octanol–water partition coefficient (Wildman–Crippen LogP) is 3.30. The first kappa shape index (κ1) is 24.5. The van der Waals surface area contributed by atoms with Crippen molar-refractivity contribution in [1.82, 2.24) is 20.9 Å². The lowest BCUT2D eigenvalue weighted by atomic mass is 9.98. The summed E-state index contributed by atoms with van der Waals surface area (Å²) in [6.07, 6.45) is 1.88. The topological polar surface area (TPSA) is 80.2 Å². The third kappa shape index (κ3) is 6.45. The van der Waals surface area contributed by atoms with Gasteiger partial charge in [0.15, 0.2) is 0 Å². The third-order valence-electron chi connectivity index (χ3n) is 6.17. The van der Waals surface area contributed by atoms with Crippen LogP contribution in [0.4, 0.5) is 4.39 Å². The number of carbonyl (C=O) groups is 1. The zero-order valence-corrected chi connectivity index (χ0v) is 19.9. The average molecular weight is 464 g/mol. The minimum atomic E-state index is -1.04. The minimum Gasteiger partial charge on any atom is -0.378 e. The number of alkyl halides is 1. The molecule has 0 spiro atoms. The summed E-state index contributed by atoms with van der Waals surface area (Å²) in [6.45, 7) is 4.24. The standard InChI is InChI=1S/C24H35ClFN5O/c1-15-12-20(26)22(31(2)3)21(15)23(27)29-10-11-30-24(32)19(14-28-13-16-4-5-16)17-6-8-18(25)9-7-17/h6-9,15-16,19-20,28H,4-5,10-14H2,1-3H3,(H2,27,29)(H,30,32)/t15-,19-,20+/m1/s1. The van der Waals surface area contributed by atoms with Crippen LogP contribution in [-0.4, -0.2) is 63.1 Å². The Bertz CT molecular complexity index is 837. The summed E-state index contributed by atoms with van der Waals surface area (Å²) in [5.74, 6) is 0.591. The van der Waals surface area contributed by atoms with Crippen LogP contribution in [0.1, 0.15) is 37.7 Å². The van der Waals surface area contributed by atoms with Crippen molar-refractivity contribution in [1.29, 1.82) is 5.41 Å². The quantitative estimate of drug-likeness (QED) is 0.230. The van der Waals surface area contributed by atoms with E-state index < -0.39 is 6.17 Å². The summed E-state index contributed by atoms with van der Waals surface area (Å²) in [4.78, 5) is 14.7. The van der Waals surface area contributed by atoms with Crippen LogP contribution in [0, 0.1) is 17.2 Å². The summed E-state index contributed by atoms with van der Waals surface area (Å²) in [5, 5.41) is 18.5. The lowest BCUT2D eigenvalue weighted by molar-refractivity contribution is -0.122. The maximum Gasteiger partial charge on any atom is 0.228 e. The van der Waals surface area contributed by atoms with E-state index in [0.717, 1.165) is 23.6 Å². The first-order valence-corrected chi connectivity index (χ1v) is 11.8. The molecular weight excluding hydrogens is 429 g/mol. The number of nitrogens with one attached hydrogen (secondary N) is 4. The average Bonchev–Trinajstić information content (AvgIpc) is 3.51. The summed E-state index contributed by atoms with van der Waals surface area (Å²) in [5.41, 5.74) is 2.21. The highest BCUT2D eigenvalue weighted by atomic mass is 35.5. The lowest BCUT2D eigenvalue weighted by Crippen LogP contribution is -2.40. The van der Waals surface area contributed by atoms with Crippen molar-refractivity contribution in [3.8, 4) is 0 Å². The number of nitrogens with zero attached hydrogens (tertiary/aromatic N) is 1. The van der Waals surface area contributed by atoms with Crippen molar-refractivity contribution in [3.63, 3.8) is 0 Å². The number of carbonyl (C=O) groups excluding carboxylic acids is 1. The Kier molecular flexibility index (Phi) is 8.54. The van der Waals surface area contributed by atoms with Gasteiger partial charge in [0.05, 0.1) is 11.6 Å². The zero-order valence-electron chi connectivity index (χ0n) is 19.2. The number of benzene rings is 1.